The maximum atomic E-state index is 11.5. The van der Waals surface area contributed by atoms with Crippen molar-refractivity contribution in [3.63, 3.8) is 0 Å². The van der Waals surface area contributed by atoms with E-state index in [4.69, 9.17) is 4.74 Å². The Bertz CT molecular complexity index is 568. The third-order valence-electron chi connectivity index (χ3n) is 3.01. The van der Waals surface area contributed by atoms with E-state index in [9.17, 15) is 9.90 Å². The lowest BCUT2D eigenvalue weighted by Gasteiger charge is -2.12. The minimum absolute atomic E-state index is 0. The second kappa shape index (κ2) is 6.45. The predicted molar refractivity (Wildman–Crippen MR) is 75.8 cm³/mol. The van der Waals surface area contributed by atoms with Crippen LogP contribution in [0.2, 0.25) is 0 Å². The highest BCUT2D eigenvalue weighted by Crippen LogP contribution is 2.23. The zero-order chi connectivity index (χ0) is 13.1. The smallest absolute Gasteiger partial charge is 0.323 e. The highest BCUT2D eigenvalue weighted by atomic mass is 35.5. The van der Waals surface area contributed by atoms with Crippen LogP contribution in [0.25, 0.3) is 10.9 Å². The molecule has 1 atom stereocenters. The Hall–Kier alpha value is -1.72. The van der Waals surface area contributed by atoms with Gasteiger partial charge >= 0.3 is 5.97 Å². The summed E-state index contributed by atoms with van der Waals surface area (Å²) in [5.41, 5.74) is 1.90. The van der Waals surface area contributed by atoms with Gasteiger partial charge in [0.2, 0.25) is 0 Å². The summed E-state index contributed by atoms with van der Waals surface area (Å²) < 4.78 is 4.73. The molecular weight excluding hydrogens is 268 g/mol. The number of rotatable bonds is 4. The zero-order valence-electron chi connectivity index (χ0n) is 10.8. The number of hydrogen-bond donors (Lipinski definition) is 3. The fourth-order valence-electron chi connectivity index (χ4n) is 2.00. The number of halogens is 1. The number of hydrogen-bond acceptors (Lipinski definition) is 4. The number of carbonyl (C=O) groups excluding carboxylic acids is 1. The molecule has 1 aromatic carbocycles. The van der Waals surface area contributed by atoms with Gasteiger partial charge in [0.15, 0.2) is 0 Å². The van der Waals surface area contributed by atoms with Crippen molar-refractivity contribution < 1.29 is 14.6 Å². The average molecular weight is 285 g/mol. The molecule has 0 saturated heterocycles. The number of nitrogens with one attached hydrogen (secondary N) is 2. The Balaban J connectivity index is 0.00000180. The Labute approximate surface area is 117 Å². The average Bonchev–Trinajstić information content (AvgIpc) is 2.77. The third kappa shape index (κ3) is 3.19. The largest absolute Gasteiger partial charge is 0.508 e. The standard InChI is InChI=1S/C13H16N2O3.ClH/c1-14-12(13(17)18-2)5-8-7-15-11-4-3-9(16)6-10(8)11;/h3-4,6-7,12,14-16H,5H2,1-2H3;1H. The van der Waals surface area contributed by atoms with Crippen molar-refractivity contribution in [2.24, 2.45) is 0 Å². The molecule has 1 heterocycles. The predicted octanol–water partition coefficient (Wildman–Crippen LogP) is 1.60. The molecule has 5 nitrogen and oxygen atoms in total. The van der Waals surface area contributed by atoms with Gasteiger partial charge in [-0.25, -0.2) is 0 Å². The van der Waals surface area contributed by atoms with Crippen molar-refractivity contribution >= 4 is 29.3 Å². The summed E-state index contributed by atoms with van der Waals surface area (Å²) in [6.45, 7) is 0. The van der Waals surface area contributed by atoms with Gasteiger partial charge in [0.05, 0.1) is 7.11 Å². The number of ether oxygens (including phenoxy) is 1. The molecular formula is C13H17ClN2O3. The summed E-state index contributed by atoms with van der Waals surface area (Å²) in [4.78, 5) is 14.6. The van der Waals surface area contributed by atoms with Crippen molar-refractivity contribution in [2.75, 3.05) is 14.2 Å². The second-order valence-electron chi connectivity index (χ2n) is 4.11. The van der Waals surface area contributed by atoms with Gasteiger partial charge in [-0.05, 0) is 30.8 Å². The van der Waals surface area contributed by atoms with Crippen LogP contribution in [0.1, 0.15) is 5.56 Å². The molecule has 0 spiro atoms. The van der Waals surface area contributed by atoms with E-state index in [1.807, 2.05) is 6.20 Å². The fraction of sp³-hybridized carbons (Fsp3) is 0.308. The molecule has 2 aromatic rings. The van der Waals surface area contributed by atoms with Gasteiger partial charge in [-0.2, -0.15) is 0 Å². The summed E-state index contributed by atoms with van der Waals surface area (Å²) in [5, 5.41) is 13.3. The van der Waals surface area contributed by atoms with E-state index >= 15 is 0 Å². The fourth-order valence-corrected chi connectivity index (χ4v) is 2.00. The molecule has 0 saturated carbocycles. The zero-order valence-corrected chi connectivity index (χ0v) is 11.6. The van der Waals surface area contributed by atoms with Crippen molar-refractivity contribution in [3.8, 4) is 5.75 Å². The van der Waals surface area contributed by atoms with E-state index < -0.39 is 6.04 Å². The lowest BCUT2D eigenvalue weighted by atomic mass is 10.1. The number of aromatic amines is 1. The Morgan fingerprint density at radius 1 is 1.53 bits per heavy atom. The molecule has 0 bridgehead atoms. The first kappa shape index (κ1) is 15.3. The quantitative estimate of drug-likeness (QED) is 0.746. The molecule has 0 aliphatic rings. The molecule has 3 N–H and O–H groups in total. The van der Waals surface area contributed by atoms with Gasteiger partial charge in [-0.15, -0.1) is 12.4 Å². The molecule has 0 amide bonds. The molecule has 0 radical (unpaired) electrons. The number of fused-ring (bicyclic) bond motifs is 1. The van der Waals surface area contributed by atoms with Gasteiger partial charge < -0.3 is 20.1 Å². The van der Waals surface area contributed by atoms with Gasteiger partial charge in [-0.1, -0.05) is 0 Å². The van der Waals surface area contributed by atoms with Crippen LogP contribution >= 0.6 is 12.4 Å². The highest BCUT2D eigenvalue weighted by Gasteiger charge is 2.19. The first-order chi connectivity index (χ1) is 8.65. The number of phenolic OH excluding ortho intramolecular Hbond substituents is 1. The number of aromatic hydroxyl groups is 1. The summed E-state index contributed by atoms with van der Waals surface area (Å²) in [5.74, 6) is -0.0885. The number of esters is 1. The summed E-state index contributed by atoms with van der Waals surface area (Å²) in [7, 11) is 3.08. The Morgan fingerprint density at radius 2 is 2.26 bits per heavy atom. The lowest BCUT2D eigenvalue weighted by Crippen LogP contribution is -2.36. The van der Waals surface area contributed by atoms with Crippen LogP contribution in [0.5, 0.6) is 5.75 Å². The molecule has 1 unspecified atom stereocenters. The number of methoxy groups -OCH3 is 1. The van der Waals surface area contributed by atoms with Crippen LogP contribution in [-0.4, -0.2) is 36.3 Å². The van der Waals surface area contributed by atoms with Crippen LogP contribution in [-0.2, 0) is 16.0 Å². The van der Waals surface area contributed by atoms with Crippen molar-refractivity contribution in [1.82, 2.24) is 10.3 Å². The van der Waals surface area contributed by atoms with E-state index in [-0.39, 0.29) is 24.1 Å². The number of benzene rings is 1. The maximum absolute atomic E-state index is 11.5. The first-order valence-corrected chi connectivity index (χ1v) is 5.69. The van der Waals surface area contributed by atoms with E-state index in [0.717, 1.165) is 16.5 Å². The molecule has 6 heteroatoms. The summed E-state index contributed by atoms with van der Waals surface area (Å²) >= 11 is 0. The molecule has 104 valence electrons. The molecule has 0 fully saturated rings. The lowest BCUT2D eigenvalue weighted by molar-refractivity contribution is -0.142. The van der Waals surface area contributed by atoms with E-state index in [1.54, 1.807) is 25.2 Å². The highest BCUT2D eigenvalue weighted by molar-refractivity contribution is 5.86. The maximum Gasteiger partial charge on any atom is 0.323 e. The summed E-state index contributed by atoms with van der Waals surface area (Å²) in [6, 6.07) is 4.72. The summed E-state index contributed by atoms with van der Waals surface area (Å²) in [6.07, 6.45) is 2.35. The van der Waals surface area contributed by atoms with Gasteiger partial charge in [0, 0.05) is 23.5 Å². The van der Waals surface area contributed by atoms with Gasteiger partial charge in [-0.3, -0.25) is 4.79 Å². The van der Waals surface area contributed by atoms with Crippen LogP contribution in [0, 0.1) is 0 Å². The van der Waals surface area contributed by atoms with Crippen LogP contribution in [0.15, 0.2) is 24.4 Å². The van der Waals surface area contributed by atoms with Crippen molar-refractivity contribution in [2.45, 2.75) is 12.5 Å². The van der Waals surface area contributed by atoms with Gasteiger partial charge in [0.25, 0.3) is 0 Å². The minimum atomic E-state index is -0.392. The van der Waals surface area contributed by atoms with Gasteiger partial charge in [0.1, 0.15) is 11.8 Å². The second-order valence-corrected chi connectivity index (χ2v) is 4.11. The normalized spacial score (nSPS) is 11.9. The van der Waals surface area contributed by atoms with E-state index in [2.05, 4.69) is 10.3 Å². The van der Waals surface area contributed by atoms with Crippen molar-refractivity contribution in [1.29, 1.82) is 0 Å². The monoisotopic (exact) mass is 284 g/mol. The van der Waals surface area contributed by atoms with Crippen LogP contribution in [0.3, 0.4) is 0 Å². The van der Waals surface area contributed by atoms with Crippen LogP contribution in [0.4, 0.5) is 0 Å². The SMILES string of the molecule is CNC(Cc1c[nH]c2ccc(O)cc12)C(=O)OC.Cl. The molecule has 2 rings (SSSR count). The number of H-pyrrole nitrogens is 1. The molecule has 0 aliphatic heterocycles. The minimum Gasteiger partial charge on any atom is -0.508 e. The topological polar surface area (TPSA) is 74.4 Å². The molecule has 19 heavy (non-hydrogen) atoms. The van der Waals surface area contributed by atoms with E-state index in [0.29, 0.717) is 6.42 Å². The number of phenols is 1. The number of carbonyl (C=O) groups is 1. The first-order valence-electron chi connectivity index (χ1n) is 5.69. The number of aromatic nitrogens is 1. The van der Waals surface area contributed by atoms with E-state index in [1.165, 1.54) is 7.11 Å². The third-order valence-corrected chi connectivity index (χ3v) is 3.01. The molecule has 1 aromatic heterocycles. The van der Waals surface area contributed by atoms with Crippen LogP contribution < -0.4 is 5.32 Å². The molecule has 0 aliphatic carbocycles. The number of likely N-dealkylation sites (N-methyl/N-ethyl adjacent to an activating group) is 1. The van der Waals surface area contributed by atoms with Crippen molar-refractivity contribution in [3.05, 3.63) is 30.0 Å². The Morgan fingerprint density at radius 3 is 2.89 bits per heavy atom. The Kier molecular flexibility index (Phi) is 5.20.